The predicted molar refractivity (Wildman–Crippen MR) is 84.6 cm³/mol. The number of hydrogen-bond donors (Lipinski definition) is 2. The highest BCUT2D eigenvalue weighted by Gasteiger charge is 2.18. The fourth-order valence-electron chi connectivity index (χ4n) is 1.97. The first-order valence-electron chi connectivity index (χ1n) is 6.59. The topological polar surface area (TPSA) is 65.5 Å². The standard InChI is InChI=1S/C15H20N2O2S/c1-15(2,3)20(19)17-10-11-5-4-6-13-14(11)12(7-8-18)9-16-13/h4-6,9-10,16,18H,7-8H2,1-3H3/b17-10+/t20-/m1/s1. The van der Waals surface area contributed by atoms with Gasteiger partial charge in [0.1, 0.15) is 11.0 Å². The van der Waals surface area contributed by atoms with Crippen LogP contribution in [0.1, 0.15) is 31.9 Å². The summed E-state index contributed by atoms with van der Waals surface area (Å²) in [6.45, 7) is 5.80. The Hall–Kier alpha value is -1.46. The van der Waals surface area contributed by atoms with Gasteiger partial charge in [-0.05, 0) is 38.8 Å². The molecule has 1 aromatic heterocycles. The van der Waals surface area contributed by atoms with Crippen LogP contribution in [0.5, 0.6) is 0 Å². The highest BCUT2D eigenvalue weighted by atomic mass is 32.2. The Labute approximate surface area is 121 Å². The van der Waals surface area contributed by atoms with Gasteiger partial charge in [-0.25, -0.2) is 4.21 Å². The molecule has 1 heterocycles. The smallest absolute Gasteiger partial charge is 0.144 e. The molecule has 108 valence electrons. The Morgan fingerprint density at radius 2 is 2.15 bits per heavy atom. The van der Waals surface area contributed by atoms with Gasteiger partial charge in [-0.3, -0.25) is 0 Å². The number of H-pyrrole nitrogens is 1. The van der Waals surface area contributed by atoms with Crippen molar-refractivity contribution >= 4 is 28.1 Å². The summed E-state index contributed by atoms with van der Waals surface area (Å²) in [4.78, 5) is 3.18. The number of aromatic nitrogens is 1. The third kappa shape index (κ3) is 3.16. The highest BCUT2D eigenvalue weighted by molar-refractivity contribution is 7.85. The normalized spacial score (nSPS) is 14.2. The van der Waals surface area contributed by atoms with Gasteiger partial charge in [0.25, 0.3) is 0 Å². The largest absolute Gasteiger partial charge is 0.396 e. The molecule has 1 aromatic carbocycles. The summed E-state index contributed by atoms with van der Waals surface area (Å²) < 4.78 is 15.8. The summed E-state index contributed by atoms with van der Waals surface area (Å²) in [6, 6.07) is 5.86. The zero-order valence-electron chi connectivity index (χ0n) is 12.0. The molecule has 2 N–H and O–H groups in total. The average Bonchev–Trinajstić information content (AvgIpc) is 2.79. The van der Waals surface area contributed by atoms with Crippen LogP contribution in [-0.2, 0) is 17.4 Å². The molecule has 0 saturated heterocycles. The van der Waals surface area contributed by atoms with E-state index in [-0.39, 0.29) is 11.4 Å². The van der Waals surface area contributed by atoms with Crippen LogP contribution < -0.4 is 0 Å². The first-order chi connectivity index (χ1) is 9.43. The number of fused-ring (bicyclic) bond motifs is 1. The zero-order chi connectivity index (χ0) is 14.8. The third-order valence-corrected chi connectivity index (χ3v) is 4.36. The van der Waals surface area contributed by atoms with Crippen LogP contribution in [0, 0.1) is 0 Å². The van der Waals surface area contributed by atoms with Crippen LogP contribution in [0.25, 0.3) is 10.9 Å². The summed E-state index contributed by atoms with van der Waals surface area (Å²) in [5.74, 6) is 0. The lowest BCUT2D eigenvalue weighted by molar-refractivity contribution is 0.300. The molecule has 2 aromatic rings. The van der Waals surface area contributed by atoms with E-state index < -0.39 is 11.0 Å². The molecular weight excluding hydrogens is 272 g/mol. The number of aromatic amines is 1. The van der Waals surface area contributed by atoms with Crippen LogP contribution >= 0.6 is 0 Å². The zero-order valence-corrected chi connectivity index (χ0v) is 12.8. The molecular formula is C15H20N2O2S. The maximum atomic E-state index is 12.0. The molecule has 4 nitrogen and oxygen atoms in total. The third-order valence-electron chi connectivity index (χ3n) is 3.01. The number of nitrogens with zero attached hydrogens (tertiary/aromatic N) is 1. The lowest BCUT2D eigenvalue weighted by atomic mass is 10.1. The SMILES string of the molecule is CC(C)(C)[S@@](=O)/N=C/c1cccc2[nH]cc(CCO)c12. The number of nitrogens with one attached hydrogen (secondary N) is 1. The van der Waals surface area contributed by atoms with Crippen molar-refractivity contribution in [3.05, 3.63) is 35.5 Å². The summed E-state index contributed by atoms with van der Waals surface area (Å²) in [5.41, 5.74) is 2.97. The van der Waals surface area contributed by atoms with Crippen LogP contribution in [0.2, 0.25) is 0 Å². The fraction of sp³-hybridized carbons (Fsp3) is 0.400. The van der Waals surface area contributed by atoms with Gasteiger partial charge >= 0.3 is 0 Å². The maximum absolute atomic E-state index is 12.0. The molecule has 0 amide bonds. The molecule has 1 atom stereocenters. The van der Waals surface area contributed by atoms with Crippen molar-refractivity contribution in [3.8, 4) is 0 Å². The molecule has 0 aliphatic carbocycles. The van der Waals surface area contributed by atoms with Gasteiger partial charge in [-0.1, -0.05) is 12.1 Å². The minimum Gasteiger partial charge on any atom is -0.396 e. The second kappa shape index (κ2) is 5.89. The minimum atomic E-state index is -1.27. The van der Waals surface area contributed by atoms with Crippen molar-refractivity contribution in [2.75, 3.05) is 6.61 Å². The fourth-order valence-corrected chi connectivity index (χ4v) is 2.50. The molecule has 5 heteroatoms. The van der Waals surface area contributed by atoms with Gasteiger partial charge < -0.3 is 10.1 Å². The Morgan fingerprint density at radius 1 is 1.40 bits per heavy atom. The Kier molecular flexibility index (Phi) is 4.40. The van der Waals surface area contributed by atoms with E-state index >= 15 is 0 Å². The molecule has 20 heavy (non-hydrogen) atoms. The van der Waals surface area contributed by atoms with Crippen LogP contribution in [0.4, 0.5) is 0 Å². The quantitative estimate of drug-likeness (QED) is 0.851. The lowest BCUT2D eigenvalue weighted by Crippen LogP contribution is -2.19. The van der Waals surface area contributed by atoms with E-state index in [9.17, 15) is 4.21 Å². The molecule has 0 bridgehead atoms. The molecule has 0 aliphatic rings. The molecule has 0 saturated carbocycles. The second-order valence-electron chi connectivity index (χ2n) is 5.65. The first kappa shape index (κ1) is 14.9. The number of hydrogen-bond acceptors (Lipinski definition) is 2. The van der Waals surface area contributed by atoms with Crippen molar-refractivity contribution < 1.29 is 9.32 Å². The first-order valence-corrected chi connectivity index (χ1v) is 7.70. The number of aliphatic hydroxyl groups is 1. The van der Waals surface area contributed by atoms with E-state index in [0.717, 1.165) is 22.0 Å². The number of benzene rings is 1. The van der Waals surface area contributed by atoms with Gasteiger partial charge in [-0.15, -0.1) is 0 Å². The van der Waals surface area contributed by atoms with E-state index in [4.69, 9.17) is 5.11 Å². The Bertz CT molecular complexity index is 653. The van der Waals surface area contributed by atoms with Crippen molar-refractivity contribution in [2.45, 2.75) is 31.9 Å². The molecule has 0 radical (unpaired) electrons. The van der Waals surface area contributed by atoms with Gasteiger partial charge in [0, 0.05) is 35.5 Å². The van der Waals surface area contributed by atoms with Gasteiger partial charge in [0.2, 0.25) is 0 Å². The summed E-state index contributed by atoms with van der Waals surface area (Å²) in [7, 11) is -1.27. The van der Waals surface area contributed by atoms with Crippen LogP contribution in [-0.4, -0.2) is 31.9 Å². The van der Waals surface area contributed by atoms with Crippen molar-refractivity contribution in [3.63, 3.8) is 0 Å². The summed E-state index contributed by atoms with van der Waals surface area (Å²) in [6.07, 6.45) is 4.16. The average molecular weight is 292 g/mol. The minimum absolute atomic E-state index is 0.104. The predicted octanol–water partition coefficient (Wildman–Crippen LogP) is 2.58. The molecule has 0 aliphatic heterocycles. The van der Waals surface area contributed by atoms with Crippen LogP contribution in [0.3, 0.4) is 0 Å². The Morgan fingerprint density at radius 3 is 2.80 bits per heavy atom. The van der Waals surface area contributed by atoms with Crippen LogP contribution in [0.15, 0.2) is 28.8 Å². The second-order valence-corrected chi connectivity index (χ2v) is 7.59. The van der Waals surface area contributed by atoms with Crippen molar-refractivity contribution in [2.24, 2.45) is 4.40 Å². The van der Waals surface area contributed by atoms with E-state index in [0.29, 0.717) is 6.42 Å². The molecule has 0 spiro atoms. The lowest BCUT2D eigenvalue weighted by Gasteiger charge is -2.12. The molecule has 0 unspecified atom stereocenters. The highest BCUT2D eigenvalue weighted by Crippen LogP contribution is 2.22. The maximum Gasteiger partial charge on any atom is 0.144 e. The molecule has 2 rings (SSSR count). The van der Waals surface area contributed by atoms with E-state index in [1.807, 2.05) is 45.2 Å². The number of rotatable bonds is 4. The summed E-state index contributed by atoms with van der Waals surface area (Å²) in [5, 5.41) is 10.2. The molecule has 0 fully saturated rings. The van der Waals surface area contributed by atoms with E-state index in [1.165, 1.54) is 0 Å². The van der Waals surface area contributed by atoms with Crippen molar-refractivity contribution in [1.82, 2.24) is 4.98 Å². The van der Waals surface area contributed by atoms with E-state index in [2.05, 4.69) is 9.38 Å². The van der Waals surface area contributed by atoms with Gasteiger partial charge in [0.05, 0.1) is 4.75 Å². The van der Waals surface area contributed by atoms with E-state index in [1.54, 1.807) is 6.21 Å². The number of aliphatic hydroxyl groups excluding tert-OH is 1. The summed E-state index contributed by atoms with van der Waals surface area (Å²) >= 11 is 0. The van der Waals surface area contributed by atoms with Crippen molar-refractivity contribution in [1.29, 1.82) is 0 Å². The van der Waals surface area contributed by atoms with Gasteiger partial charge in [0.15, 0.2) is 0 Å². The Balaban J connectivity index is 2.41. The van der Waals surface area contributed by atoms with Gasteiger partial charge in [-0.2, -0.15) is 4.40 Å². The monoisotopic (exact) mass is 292 g/mol.